The van der Waals surface area contributed by atoms with Gasteiger partial charge in [0.1, 0.15) is 5.02 Å². The van der Waals surface area contributed by atoms with E-state index < -0.39 is 0 Å². The van der Waals surface area contributed by atoms with Gasteiger partial charge < -0.3 is 10.6 Å². The zero-order chi connectivity index (χ0) is 13.1. The van der Waals surface area contributed by atoms with Crippen molar-refractivity contribution in [2.45, 2.75) is 6.92 Å². The predicted octanol–water partition coefficient (Wildman–Crippen LogP) is 3.99. The molecule has 2 aromatic rings. The molecule has 0 radical (unpaired) electrons. The molecule has 0 saturated carbocycles. The molecule has 0 bridgehead atoms. The van der Waals surface area contributed by atoms with Crippen LogP contribution in [0.15, 0.2) is 28.9 Å². The van der Waals surface area contributed by atoms with E-state index in [4.69, 9.17) is 11.6 Å². The second-order valence-electron chi connectivity index (χ2n) is 3.70. The number of nitrogens with one attached hydrogen (secondary N) is 2. The van der Waals surface area contributed by atoms with Crippen LogP contribution in [0.3, 0.4) is 0 Å². The van der Waals surface area contributed by atoms with Crippen LogP contribution in [0.2, 0.25) is 5.02 Å². The summed E-state index contributed by atoms with van der Waals surface area (Å²) >= 11 is 9.60. The van der Waals surface area contributed by atoms with Gasteiger partial charge in [-0.05, 0) is 34.5 Å². The second kappa shape index (κ2) is 5.54. The molecule has 1 heterocycles. The fourth-order valence-corrected chi connectivity index (χ4v) is 1.95. The van der Waals surface area contributed by atoms with E-state index in [-0.39, 0.29) is 0 Å². The summed E-state index contributed by atoms with van der Waals surface area (Å²) in [5, 5.41) is 6.53. The molecule has 18 heavy (non-hydrogen) atoms. The second-order valence-corrected chi connectivity index (χ2v) is 4.90. The number of nitrogens with zero attached hydrogens (tertiary/aromatic N) is 2. The number of halogens is 2. The largest absolute Gasteiger partial charge is 0.357 e. The van der Waals surface area contributed by atoms with Crippen molar-refractivity contribution in [2.75, 3.05) is 17.7 Å². The highest BCUT2D eigenvalue weighted by Gasteiger charge is 2.08. The number of benzene rings is 1. The highest BCUT2D eigenvalue weighted by Crippen LogP contribution is 2.30. The normalized spacial score (nSPS) is 10.2. The SMILES string of the molecule is CNc1ncc(Cl)c(Nc2cccc(C)c2Br)n1. The molecule has 0 spiro atoms. The minimum absolute atomic E-state index is 0.474. The molecule has 94 valence electrons. The van der Waals surface area contributed by atoms with E-state index in [9.17, 15) is 0 Å². The molecule has 2 N–H and O–H groups in total. The summed E-state index contributed by atoms with van der Waals surface area (Å²) in [6, 6.07) is 5.95. The van der Waals surface area contributed by atoms with Crippen LogP contribution in [0.1, 0.15) is 5.56 Å². The van der Waals surface area contributed by atoms with E-state index in [0.717, 1.165) is 15.7 Å². The smallest absolute Gasteiger partial charge is 0.224 e. The highest BCUT2D eigenvalue weighted by molar-refractivity contribution is 9.10. The minimum Gasteiger partial charge on any atom is -0.357 e. The lowest BCUT2D eigenvalue weighted by Gasteiger charge is -2.11. The summed E-state index contributed by atoms with van der Waals surface area (Å²) in [6.45, 7) is 2.02. The lowest BCUT2D eigenvalue weighted by Crippen LogP contribution is -2.01. The van der Waals surface area contributed by atoms with Crippen molar-refractivity contribution in [2.24, 2.45) is 0 Å². The third-order valence-electron chi connectivity index (χ3n) is 2.41. The Morgan fingerprint density at radius 1 is 1.33 bits per heavy atom. The van der Waals surface area contributed by atoms with Crippen LogP contribution in [0.25, 0.3) is 0 Å². The Morgan fingerprint density at radius 3 is 2.83 bits per heavy atom. The van der Waals surface area contributed by atoms with Crippen molar-refractivity contribution in [1.82, 2.24) is 9.97 Å². The third-order valence-corrected chi connectivity index (χ3v) is 3.74. The first kappa shape index (κ1) is 13.1. The number of anilines is 3. The Morgan fingerprint density at radius 2 is 2.11 bits per heavy atom. The molecule has 1 aromatic heterocycles. The lowest BCUT2D eigenvalue weighted by molar-refractivity contribution is 1.15. The maximum atomic E-state index is 6.06. The summed E-state index contributed by atoms with van der Waals surface area (Å²) in [6.07, 6.45) is 1.56. The Kier molecular flexibility index (Phi) is 4.04. The fourth-order valence-electron chi connectivity index (χ4n) is 1.45. The van der Waals surface area contributed by atoms with Gasteiger partial charge in [0.2, 0.25) is 5.95 Å². The van der Waals surface area contributed by atoms with Gasteiger partial charge in [-0.2, -0.15) is 4.98 Å². The van der Waals surface area contributed by atoms with Gasteiger partial charge in [-0.1, -0.05) is 23.7 Å². The van der Waals surface area contributed by atoms with Gasteiger partial charge in [-0.3, -0.25) is 0 Å². The monoisotopic (exact) mass is 326 g/mol. The average Bonchev–Trinajstić information content (AvgIpc) is 2.37. The van der Waals surface area contributed by atoms with Gasteiger partial charge >= 0.3 is 0 Å². The first-order valence-electron chi connectivity index (χ1n) is 5.34. The summed E-state index contributed by atoms with van der Waals surface area (Å²) in [5.41, 5.74) is 2.05. The zero-order valence-electron chi connectivity index (χ0n) is 9.96. The fraction of sp³-hybridized carbons (Fsp3) is 0.167. The van der Waals surface area contributed by atoms with E-state index >= 15 is 0 Å². The molecule has 0 amide bonds. The molecule has 0 aliphatic carbocycles. The van der Waals surface area contributed by atoms with Gasteiger partial charge in [-0.15, -0.1) is 0 Å². The van der Waals surface area contributed by atoms with Gasteiger partial charge in [-0.25, -0.2) is 4.98 Å². The highest BCUT2D eigenvalue weighted by atomic mass is 79.9. The Labute approximate surface area is 119 Å². The molecule has 0 aliphatic rings. The quantitative estimate of drug-likeness (QED) is 0.895. The van der Waals surface area contributed by atoms with Crippen LogP contribution >= 0.6 is 27.5 Å². The van der Waals surface area contributed by atoms with Gasteiger partial charge in [0, 0.05) is 11.5 Å². The zero-order valence-corrected chi connectivity index (χ0v) is 12.3. The van der Waals surface area contributed by atoms with Crippen molar-refractivity contribution >= 4 is 45.0 Å². The minimum atomic E-state index is 0.474. The number of aryl methyl sites for hydroxylation is 1. The van der Waals surface area contributed by atoms with E-state index in [2.05, 4.69) is 36.5 Å². The topological polar surface area (TPSA) is 49.8 Å². The summed E-state index contributed by atoms with van der Waals surface area (Å²) in [7, 11) is 1.76. The molecule has 1 aromatic carbocycles. The summed E-state index contributed by atoms with van der Waals surface area (Å²) in [4.78, 5) is 8.30. The molecule has 0 unspecified atom stereocenters. The van der Waals surface area contributed by atoms with Crippen LogP contribution in [0.4, 0.5) is 17.5 Å². The standard InChI is InChI=1S/C12H12BrClN4/c1-7-4-3-5-9(10(7)13)17-11-8(14)6-16-12(15-2)18-11/h3-6H,1-2H3,(H2,15,16,17,18). The van der Waals surface area contributed by atoms with E-state index in [1.54, 1.807) is 13.2 Å². The molecule has 4 nitrogen and oxygen atoms in total. The van der Waals surface area contributed by atoms with Crippen LogP contribution < -0.4 is 10.6 Å². The van der Waals surface area contributed by atoms with E-state index in [1.165, 1.54) is 0 Å². The molecule has 0 saturated heterocycles. The molecule has 2 rings (SSSR count). The molecule has 0 aliphatic heterocycles. The lowest BCUT2D eigenvalue weighted by atomic mass is 10.2. The maximum Gasteiger partial charge on any atom is 0.224 e. The summed E-state index contributed by atoms with van der Waals surface area (Å²) < 4.78 is 0.991. The van der Waals surface area contributed by atoms with E-state index in [0.29, 0.717) is 16.8 Å². The van der Waals surface area contributed by atoms with Gasteiger partial charge in [0.05, 0.1) is 11.9 Å². The first-order chi connectivity index (χ1) is 8.61. The Bertz CT molecular complexity index is 574. The Balaban J connectivity index is 2.36. The van der Waals surface area contributed by atoms with Gasteiger partial charge in [0.25, 0.3) is 0 Å². The number of aromatic nitrogens is 2. The van der Waals surface area contributed by atoms with Crippen molar-refractivity contribution < 1.29 is 0 Å². The van der Waals surface area contributed by atoms with Crippen LogP contribution in [-0.2, 0) is 0 Å². The van der Waals surface area contributed by atoms with Crippen LogP contribution in [0.5, 0.6) is 0 Å². The average molecular weight is 328 g/mol. The van der Waals surface area contributed by atoms with Gasteiger partial charge in [0.15, 0.2) is 5.82 Å². The van der Waals surface area contributed by atoms with Crippen molar-refractivity contribution in [1.29, 1.82) is 0 Å². The predicted molar refractivity (Wildman–Crippen MR) is 78.8 cm³/mol. The number of rotatable bonds is 3. The molecule has 0 atom stereocenters. The van der Waals surface area contributed by atoms with Crippen LogP contribution in [0, 0.1) is 6.92 Å². The van der Waals surface area contributed by atoms with Crippen molar-refractivity contribution in [3.63, 3.8) is 0 Å². The first-order valence-corrected chi connectivity index (χ1v) is 6.51. The number of hydrogen-bond acceptors (Lipinski definition) is 4. The maximum absolute atomic E-state index is 6.06. The molecular formula is C12H12BrClN4. The van der Waals surface area contributed by atoms with E-state index in [1.807, 2.05) is 25.1 Å². The molecule has 6 heteroatoms. The number of hydrogen-bond donors (Lipinski definition) is 2. The van der Waals surface area contributed by atoms with Crippen molar-refractivity contribution in [3.05, 3.63) is 39.5 Å². The summed E-state index contributed by atoms with van der Waals surface area (Å²) in [5.74, 6) is 1.09. The molecule has 0 fully saturated rings. The van der Waals surface area contributed by atoms with Crippen LogP contribution in [-0.4, -0.2) is 17.0 Å². The third kappa shape index (κ3) is 2.73. The van der Waals surface area contributed by atoms with Crippen molar-refractivity contribution in [3.8, 4) is 0 Å². The Hall–Kier alpha value is -1.33. The molecular weight excluding hydrogens is 316 g/mol.